The number of imide groups is 3. The number of nitrogens with zero attached hydrogens (tertiary/aromatic N) is 1. The Hall–Kier alpha value is -3.63. The highest BCUT2D eigenvalue weighted by Gasteiger charge is 2.59. The Balaban J connectivity index is 1.53. The number of methoxy groups -OCH3 is 1. The van der Waals surface area contributed by atoms with Gasteiger partial charge in [0.15, 0.2) is 0 Å². The van der Waals surface area contributed by atoms with Crippen molar-refractivity contribution in [3.63, 3.8) is 0 Å². The average molecular weight is 477 g/mol. The number of carbonyl (C=O) groups excluding carboxylic acids is 3. The van der Waals surface area contributed by atoms with Crippen LogP contribution in [-0.4, -0.2) is 53.8 Å². The Morgan fingerprint density at radius 1 is 1.09 bits per heavy atom. The van der Waals surface area contributed by atoms with Gasteiger partial charge >= 0.3 is 13.2 Å². The third kappa shape index (κ3) is 3.98. The molecule has 3 amide bonds. The van der Waals surface area contributed by atoms with Crippen LogP contribution in [0.4, 0.5) is 4.79 Å². The fourth-order valence-corrected chi connectivity index (χ4v) is 5.46. The van der Waals surface area contributed by atoms with E-state index in [0.717, 1.165) is 7.11 Å². The molecule has 0 unspecified atom stereocenters. The van der Waals surface area contributed by atoms with Crippen LogP contribution < -0.4 is 4.74 Å². The number of rotatable bonds is 4. The minimum absolute atomic E-state index is 0.00198. The summed E-state index contributed by atoms with van der Waals surface area (Å²) in [6, 6.07) is 15.7. The number of hydrogen-bond donors (Lipinski definition) is 2. The highest BCUT2D eigenvalue weighted by atomic mass is 16.5. The zero-order valence-corrected chi connectivity index (χ0v) is 19.0. The number of phenolic OH excluding ortho intramolecular Hbond substituents is 1. The third-order valence-electron chi connectivity index (χ3n) is 7.01. The molecule has 2 saturated heterocycles. The van der Waals surface area contributed by atoms with Crippen molar-refractivity contribution in [1.82, 2.24) is 4.90 Å². The summed E-state index contributed by atoms with van der Waals surface area (Å²) in [5.74, 6) is -2.90. The second kappa shape index (κ2) is 9.20. The SMILES string of the molecule is COC(=O)N1C(=O)[C@H]2[C@H](CC(COc3ccccc3)=C3B(O)O[C@H](c4ccccc4O)C[C@H]32)C1=O. The molecule has 0 aromatic heterocycles. The van der Waals surface area contributed by atoms with E-state index in [-0.39, 0.29) is 25.2 Å². The molecule has 2 heterocycles. The summed E-state index contributed by atoms with van der Waals surface area (Å²) >= 11 is 0. The first kappa shape index (κ1) is 23.1. The van der Waals surface area contributed by atoms with Crippen molar-refractivity contribution in [1.29, 1.82) is 0 Å². The van der Waals surface area contributed by atoms with Crippen LogP contribution in [0.5, 0.6) is 11.5 Å². The molecule has 0 bridgehead atoms. The summed E-state index contributed by atoms with van der Waals surface area (Å²) in [5.41, 5.74) is 1.61. The molecule has 1 aliphatic carbocycles. The smallest absolute Gasteiger partial charge is 0.487 e. The number of aromatic hydroxyl groups is 1. The molecule has 0 spiro atoms. The number of benzene rings is 2. The average Bonchev–Trinajstić information content (AvgIpc) is 3.12. The number of ether oxygens (including phenoxy) is 2. The minimum atomic E-state index is -1.37. The summed E-state index contributed by atoms with van der Waals surface area (Å²) in [4.78, 5) is 39.2. The maximum absolute atomic E-state index is 13.3. The second-order valence-corrected chi connectivity index (χ2v) is 8.86. The standard InChI is InChI=1S/C25H24BNO8/c1-33-25(31)27-23(29)18-11-14(13-34-15-7-3-2-4-8-15)22-17(21(18)24(27)30)12-20(35-26(22)32)16-9-5-6-10-19(16)28/h2-10,17-18,20-21,28,32H,11-13H2,1H3/t17-,18-,20-,21+/m0/s1. The van der Waals surface area contributed by atoms with Gasteiger partial charge in [0.2, 0.25) is 11.8 Å². The monoisotopic (exact) mass is 477 g/mol. The Labute approximate surface area is 202 Å². The first-order chi connectivity index (χ1) is 16.9. The summed E-state index contributed by atoms with van der Waals surface area (Å²) in [7, 11) is -0.260. The van der Waals surface area contributed by atoms with Gasteiger partial charge in [0.1, 0.15) is 18.1 Å². The molecule has 35 heavy (non-hydrogen) atoms. The largest absolute Gasteiger partial charge is 0.508 e. The molecule has 9 nitrogen and oxygen atoms in total. The number of amides is 3. The number of allylic oxidation sites excluding steroid dienone is 1. The van der Waals surface area contributed by atoms with Crippen molar-refractivity contribution in [3.8, 4) is 11.5 Å². The number of hydrogen-bond acceptors (Lipinski definition) is 8. The normalized spacial score (nSPS) is 25.9. The molecule has 2 fully saturated rings. The van der Waals surface area contributed by atoms with E-state index in [1.807, 2.05) is 18.2 Å². The third-order valence-corrected chi connectivity index (χ3v) is 7.01. The molecule has 5 rings (SSSR count). The number of fused-ring (bicyclic) bond motifs is 3. The predicted octanol–water partition coefficient (Wildman–Crippen LogP) is 2.64. The molecule has 0 radical (unpaired) electrons. The summed E-state index contributed by atoms with van der Waals surface area (Å²) in [5, 5.41) is 21.4. The van der Waals surface area contributed by atoms with Crippen molar-refractivity contribution in [2.24, 2.45) is 17.8 Å². The predicted molar refractivity (Wildman–Crippen MR) is 123 cm³/mol. The van der Waals surface area contributed by atoms with Gasteiger partial charge in [-0.05, 0) is 48.0 Å². The van der Waals surface area contributed by atoms with Crippen LogP contribution >= 0.6 is 0 Å². The van der Waals surface area contributed by atoms with Gasteiger partial charge in [-0.2, -0.15) is 4.90 Å². The lowest BCUT2D eigenvalue weighted by molar-refractivity contribution is -0.137. The van der Waals surface area contributed by atoms with E-state index in [1.54, 1.807) is 30.3 Å². The van der Waals surface area contributed by atoms with E-state index < -0.39 is 48.9 Å². The number of likely N-dealkylation sites (tertiary alicyclic amines) is 1. The van der Waals surface area contributed by atoms with Crippen LogP contribution in [0.2, 0.25) is 0 Å². The molecule has 10 heteroatoms. The fourth-order valence-electron chi connectivity index (χ4n) is 5.46. The molecular formula is C25H24BNO8. The quantitative estimate of drug-likeness (QED) is 0.509. The first-order valence-corrected chi connectivity index (χ1v) is 11.4. The number of phenols is 1. The molecule has 2 aliphatic heterocycles. The van der Waals surface area contributed by atoms with Crippen LogP contribution in [0.25, 0.3) is 0 Å². The minimum Gasteiger partial charge on any atom is -0.508 e. The van der Waals surface area contributed by atoms with Crippen molar-refractivity contribution >= 4 is 25.0 Å². The van der Waals surface area contributed by atoms with Crippen LogP contribution in [0.3, 0.4) is 0 Å². The Bertz CT molecular complexity index is 1200. The van der Waals surface area contributed by atoms with Gasteiger partial charge in [0.25, 0.3) is 0 Å². The molecule has 0 saturated carbocycles. The van der Waals surface area contributed by atoms with E-state index in [9.17, 15) is 24.5 Å². The van der Waals surface area contributed by atoms with Gasteiger partial charge < -0.3 is 24.3 Å². The lowest BCUT2D eigenvalue weighted by atomic mass is 9.55. The molecule has 2 N–H and O–H groups in total. The van der Waals surface area contributed by atoms with Crippen LogP contribution in [0.15, 0.2) is 65.6 Å². The Morgan fingerprint density at radius 3 is 2.51 bits per heavy atom. The molecule has 2 aromatic carbocycles. The number of para-hydroxylation sites is 2. The summed E-state index contributed by atoms with van der Waals surface area (Å²) < 4.78 is 16.5. The molecular weight excluding hydrogens is 453 g/mol. The van der Waals surface area contributed by atoms with Gasteiger partial charge in [-0.3, -0.25) is 9.59 Å². The maximum Gasteiger partial charge on any atom is 0.487 e. The van der Waals surface area contributed by atoms with Crippen molar-refractivity contribution in [3.05, 3.63) is 71.2 Å². The zero-order chi connectivity index (χ0) is 24.7. The van der Waals surface area contributed by atoms with E-state index in [0.29, 0.717) is 27.3 Å². The lowest BCUT2D eigenvalue weighted by Crippen LogP contribution is -2.45. The lowest BCUT2D eigenvalue weighted by Gasteiger charge is -2.42. The van der Waals surface area contributed by atoms with E-state index in [1.165, 1.54) is 6.07 Å². The van der Waals surface area contributed by atoms with Crippen molar-refractivity contribution in [2.75, 3.05) is 13.7 Å². The van der Waals surface area contributed by atoms with Gasteiger partial charge in [-0.1, -0.05) is 36.4 Å². The Morgan fingerprint density at radius 2 is 1.80 bits per heavy atom. The fraction of sp³-hybridized carbons (Fsp3) is 0.320. The molecule has 4 atom stereocenters. The summed E-state index contributed by atoms with van der Waals surface area (Å²) in [6.07, 6.45) is -1.37. The van der Waals surface area contributed by atoms with Crippen LogP contribution in [0.1, 0.15) is 24.5 Å². The zero-order valence-electron chi connectivity index (χ0n) is 19.0. The van der Waals surface area contributed by atoms with E-state index >= 15 is 0 Å². The molecule has 180 valence electrons. The van der Waals surface area contributed by atoms with Gasteiger partial charge in [-0.15, -0.1) is 0 Å². The highest BCUT2D eigenvalue weighted by Crippen LogP contribution is 2.52. The van der Waals surface area contributed by atoms with Crippen LogP contribution in [-0.2, 0) is 19.0 Å². The van der Waals surface area contributed by atoms with Crippen LogP contribution in [0, 0.1) is 17.8 Å². The first-order valence-electron chi connectivity index (χ1n) is 11.4. The van der Waals surface area contributed by atoms with Gasteiger partial charge in [0.05, 0.1) is 25.0 Å². The second-order valence-electron chi connectivity index (χ2n) is 8.86. The summed E-state index contributed by atoms with van der Waals surface area (Å²) in [6.45, 7) is 0.0838. The molecule has 2 aromatic rings. The van der Waals surface area contributed by atoms with Gasteiger partial charge in [-0.25, -0.2) is 4.79 Å². The topological polar surface area (TPSA) is 123 Å². The van der Waals surface area contributed by atoms with Crippen molar-refractivity contribution in [2.45, 2.75) is 18.9 Å². The number of carbonyl (C=O) groups is 3. The van der Waals surface area contributed by atoms with E-state index in [4.69, 9.17) is 9.39 Å². The van der Waals surface area contributed by atoms with Crippen molar-refractivity contribution < 1.29 is 38.6 Å². The van der Waals surface area contributed by atoms with E-state index in [2.05, 4.69) is 4.74 Å². The highest BCUT2D eigenvalue weighted by molar-refractivity contribution is 6.53. The van der Waals surface area contributed by atoms with Gasteiger partial charge in [0, 0.05) is 5.56 Å². The maximum atomic E-state index is 13.3. The Kier molecular flexibility index (Phi) is 6.08. The molecule has 3 aliphatic rings.